The number of rotatable bonds is 2. The van der Waals surface area contributed by atoms with Crippen molar-refractivity contribution in [1.29, 1.82) is 0 Å². The van der Waals surface area contributed by atoms with E-state index in [0.29, 0.717) is 4.90 Å². The fraction of sp³-hybridized carbons (Fsp3) is 0.778. The minimum Gasteiger partial charge on any atom is -0.394 e. The Labute approximate surface area is 115 Å². The van der Waals surface area contributed by atoms with Crippen molar-refractivity contribution >= 4 is 27.9 Å². The summed E-state index contributed by atoms with van der Waals surface area (Å²) in [5.41, 5.74) is 0. The predicted molar refractivity (Wildman–Crippen MR) is 61.9 cm³/mol. The highest BCUT2D eigenvalue weighted by Gasteiger charge is 2.52. The van der Waals surface area contributed by atoms with E-state index in [2.05, 4.69) is 15.9 Å². The SMILES string of the molecule is O=C1NC(=O)N([C@@H]2O[C@H](CO)C(O)[C@@H]2O)C(O)C1Br. The zero-order chi connectivity index (χ0) is 14.3. The van der Waals surface area contributed by atoms with Gasteiger partial charge in [0.15, 0.2) is 12.5 Å². The number of carbonyl (C=O) groups excluding carboxylic acids is 2. The van der Waals surface area contributed by atoms with E-state index in [1.165, 1.54) is 0 Å². The molecule has 2 aliphatic heterocycles. The quantitative estimate of drug-likeness (QED) is 0.339. The second kappa shape index (κ2) is 5.31. The van der Waals surface area contributed by atoms with E-state index in [-0.39, 0.29) is 0 Å². The van der Waals surface area contributed by atoms with Crippen LogP contribution in [0.3, 0.4) is 0 Å². The average molecular weight is 341 g/mol. The van der Waals surface area contributed by atoms with Crippen molar-refractivity contribution in [3.8, 4) is 0 Å². The van der Waals surface area contributed by atoms with Crippen molar-refractivity contribution in [2.24, 2.45) is 0 Å². The third-order valence-electron chi connectivity index (χ3n) is 3.05. The molecule has 10 heteroatoms. The number of amides is 3. The summed E-state index contributed by atoms with van der Waals surface area (Å²) >= 11 is 2.90. The van der Waals surface area contributed by atoms with Gasteiger partial charge in [-0.15, -0.1) is 0 Å². The highest BCUT2D eigenvalue weighted by atomic mass is 79.9. The minimum atomic E-state index is -1.56. The molecule has 0 aromatic rings. The van der Waals surface area contributed by atoms with Crippen LogP contribution in [0.25, 0.3) is 0 Å². The van der Waals surface area contributed by atoms with Crippen LogP contribution in [0, 0.1) is 0 Å². The Morgan fingerprint density at radius 1 is 1.26 bits per heavy atom. The maximum Gasteiger partial charge on any atom is 0.328 e. The van der Waals surface area contributed by atoms with Crippen LogP contribution in [-0.4, -0.2) is 79.5 Å². The molecule has 0 spiro atoms. The maximum atomic E-state index is 11.7. The van der Waals surface area contributed by atoms with E-state index >= 15 is 0 Å². The molecule has 2 fully saturated rings. The summed E-state index contributed by atoms with van der Waals surface area (Å²) in [5, 5.41) is 40.2. The molecule has 9 nitrogen and oxygen atoms in total. The number of nitrogens with zero attached hydrogens (tertiary/aromatic N) is 1. The number of aliphatic hydroxyl groups is 4. The fourth-order valence-corrected chi connectivity index (χ4v) is 2.38. The first-order valence-electron chi connectivity index (χ1n) is 5.46. The molecule has 6 atom stereocenters. The molecule has 2 saturated heterocycles. The number of alkyl halides is 1. The van der Waals surface area contributed by atoms with E-state index in [4.69, 9.17) is 9.84 Å². The zero-order valence-corrected chi connectivity index (χ0v) is 11.1. The van der Waals surface area contributed by atoms with Gasteiger partial charge in [-0.05, 0) is 0 Å². The largest absolute Gasteiger partial charge is 0.394 e. The number of urea groups is 1. The summed E-state index contributed by atoms with van der Waals surface area (Å²) in [4.78, 5) is 22.6. The van der Waals surface area contributed by atoms with Crippen LogP contribution in [0.2, 0.25) is 0 Å². The average Bonchev–Trinajstić information content (AvgIpc) is 2.64. The van der Waals surface area contributed by atoms with E-state index in [1.54, 1.807) is 0 Å². The number of halogens is 1. The van der Waals surface area contributed by atoms with Gasteiger partial charge in [-0.3, -0.25) is 15.0 Å². The molecular formula is C9H13BrN2O7. The topological polar surface area (TPSA) is 140 Å². The van der Waals surface area contributed by atoms with Gasteiger partial charge in [-0.25, -0.2) is 4.79 Å². The van der Waals surface area contributed by atoms with Gasteiger partial charge in [0.2, 0.25) is 5.91 Å². The summed E-state index contributed by atoms with van der Waals surface area (Å²) in [6.07, 6.45) is -6.92. The second-order valence-electron chi connectivity index (χ2n) is 4.25. The van der Waals surface area contributed by atoms with E-state index in [9.17, 15) is 24.9 Å². The highest BCUT2D eigenvalue weighted by molar-refractivity contribution is 9.10. The molecule has 2 heterocycles. The molecule has 5 N–H and O–H groups in total. The molecule has 0 radical (unpaired) electrons. The Bertz CT molecular complexity index is 395. The smallest absolute Gasteiger partial charge is 0.328 e. The van der Waals surface area contributed by atoms with Crippen LogP contribution < -0.4 is 5.32 Å². The first kappa shape index (κ1) is 14.6. The van der Waals surface area contributed by atoms with Gasteiger partial charge in [-0.2, -0.15) is 0 Å². The molecule has 0 saturated carbocycles. The fourth-order valence-electron chi connectivity index (χ4n) is 2.01. The molecule has 0 aromatic carbocycles. The monoisotopic (exact) mass is 340 g/mol. The lowest BCUT2D eigenvalue weighted by Crippen LogP contribution is -2.65. The number of hydrogen-bond donors (Lipinski definition) is 5. The van der Waals surface area contributed by atoms with Crippen LogP contribution in [0.4, 0.5) is 4.79 Å². The molecular weight excluding hydrogens is 328 g/mol. The molecule has 2 aliphatic rings. The summed E-state index contributed by atoms with van der Waals surface area (Å²) in [7, 11) is 0. The third kappa shape index (κ3) is 2.35. The number of ether oxygens (including phenoxy) is 1. The molecule has 2 rings (SSSR count). The van der Waals surface area contributed by atoms with Crippen LogP contribution >= 0.6 is 15.9 Å². The molecule has 19 heavy (non-hydrogen) atoms. The van der Waals surface area contributed by atoms with Crippen LogP contribution in [-0.2, 0) is 9.53 Å². The predicted octanol–water partition coefficient (Wildman–Crippen LogP) is -2.94. The third-order valence-corrected chi connectivity index (χ3v) is 3.94. The van der Waals surface area contributed by atoms with E-state index < -0.39 is 54.1 Å². The number of carbonyl (C=O) groups is 2. The normalized spacial score (nSPS) is 43.5. The Morgan fingerprint density at radius 3 is 2.42 bits per heavy atom. The van der Waals surface area contributed by atoms with Crippen LogP contribution in [0.15, 0.2) is 0 Å². The Kier molecular flexibility index (Phi) is 4.08. The number of nitrogens with one attached hydrogen (secondary N) is 1. The first-order chi connectivity index (χ1) is 8.88. The van der Waals surface area contributed by atoms with Crippen LogP contribution in [0.5, 0.6) is 0 Å². The standard InChI is InChI=1S/C9H13BrN2O7/c10-3-6(16)11-9(18)12(7(3)17)8-5(15)4(14)2(1-13)19-8/h2-5,7-8,13-15,17H,1H2,(H,11,16,18)/t2-,3?,4?,5+,7?,8-/m1/s1. The summed E-state index contributed by atoms with van der Waals surface area (Å²) in [6, 6.07) is -0.956. The van der Waals surface area contributed by atoms with Crippen molar-refractivity contribution in [2.75, 3.05) is 6.61 Å². The highest BCUT2D eigenvalue weighted by Crippen LogP contribution is 2.28. The van der Waals surface area contributed by atoms with E-state index in [1.807, 2.05) is 5.32 Å². The zero-order valence-electron chi connectivity index (χ0n) is 9.51. The lowest BCUT2D eigenvalue weighted by molar-refractivity contribution is -0.148. The number of hydrogen-bond acceptors (Lipinski definition) is 7. The van der Waals surface area contributed by atoms with Crippen molar-refractivity contribution in [3.05, 3.63) is 0 Å². The van der Waals surface area contributed by atoms with Gasteiger partial charge in [0.05, 0.1) is 6.61 Å². The van der Waals surface area contributed by atoms with Crippen molar-refractivity contribution in [2.45, 2.75) is 35.6 Å². The van der Waals surface area contributed by atoms with E-state index in [0.717, 1.165) is 0 Å². The van der Waals surface area contributed by atoms with Gasteiger partial charge in [0, 0.05) is 0 Å². The maximum absolute atomic E-state index is 11.7. The minimum absolute atomic E-state index is 0.559. The Morgan fingerprint density at radius 2 is 1.89 bits per heavy atom. The van der Waals surface area contributed by atoms with Gasteiger partial charge in [0.1, 0.15) is 23.1 Å². The van der Waals surface area contributed by atoms with Crippen molar-refractivity contribution < 1.29 is 34.8 Å². The number of imide groups is 1. The number of aliphatic hydroxyl groups excluding tert-OH is 4. The van der Waals surface area contributed by atoms with Gasteiger partial charge in [0.25, 0.3) is 0 Å². The van der Waals surface area contributed by atoms with Crippen LogP contribution in [0.1, 0.15) is 0 Å². The Balaban J connectivity index is 2.21. The lowest BCUT2D eigenvalue weighted by Gasteiger charge is -2.38. The van der Waals surface area contributed by atoms with Gasteiger partial charge in [-0.1, -0.05) is 15.9 Å². The second-order valence-corrected chi connectivity index (χ2v) is 5.23. The molecule has 3 amide bonds. The van der Waals surface area contributed by atoms with Gasteiger partial charge >= 0.3 is 6.03 Å². The summed E-state index contributed by atoms with van der Waals surface area (Å²) in [5.74, 6) is -0.722. The molecule has 108 valence electrons. The molecule has 0 bridgehead atoms. The molecule has 0 aromatic heterocycles. The first-order valence-corrected chi connectivity index (χ1v) is 6.37. The van der Waals surface area contributed by atoms with Crippen molar-refractivity contribution in [1.82, 2.24) is 10.2 Å². The van der Waals surface area contributed by atoms with Crippen molar-refractivity contribution in [3.63, 3.8) is 0 Å². The lowest BCUT2D eigenvalue weighted by atomic mass is 10.1. The summed E-state index contributed by atoms with van der Waals surface area (Å²) < 4.78 is 5.12. The molecule has 3 unspecified atom stereocenters. The van der Waals surface area contributed by atoms with Gasteiger partial charge < -0.3 is 25.2 Å². The summed E-state index contributed by atoms with van der Waals surface area (Å²) in [6.45, 7) is -0.559. The molecule has 0 aliphatic carbocycles. The Hall–Kier alpha value is -0.780.